The number of hydrogen-bond acceptors (Lipinski definition) is 1. The summed E-state index contributed by atoms with van der Waals surface area (Å²) in [7, 11) is 0. The molecule has 0 aromatic carbocycles. The molecule has 1 aromatic heterocycles. The number of unbranched alkanes of at least 4 members (excludes halogenated alkanes) is 3. The molecule has 120 valence electrons. The standard InChI is InChI=1S/C5H2Cl2N.3C4H9.Sn/c6-4-2-1-3-5(7)8-4;3*1-3-4-2;/h1-2H;3*1,3-4H2,2H3;. The number of hydrogen-bond donors (Lipinski definition) is 0. The third-order valence-electron chi connectivity index (χ3n) is 4.41. The molecular formula is C17H29Cl2NSn. The topological polar surface area (TPSA) is 12.9 Å². The summed E-state index contributed by atoms with van der Waals surface area (Å²) in [4.78, 5) is 4.35. The van der Waals surface area contributed by atoms with Crippen LogP contribution in [0.25, 0.3) is 0 Å². The van der Waals surface area contributed by atoms with Crippen molar-refractivity contribution in [3.8, 4) is 0 Å². The number of rotatable bonds is 10. The summed E-state index contributed by atoms with van der Waals surface area (Å²) in [6.45, 7) is 6.87. The second-order valence-corrected chi connectivity index (χ2v) is 19.9. The van der Waals surface area contributed by atoms with Gasteiger partial charge < -0.3 is 0 Å². The van der Waals surface area contributed by atoms with Crippen molar-refractivity contribution in [2.24, 2.45) is 0 Å². The fraction of sp³-hybridized carbons (Fsp3) is 0.706. The van der Waals surface area contributed by atoms with Crippen molar-refractivity contribution < 1.29 is 0 Å². The van der Waals surface area contributed by atoms with Gasteiger partial charge in [-0.25, -0.2) is 0 Å². The minimum atomic E-state index is -2.44. The predicted octanol–water partition coefficient (Wildman–Crippen LogP) is 6.44. The zero-order valence-corrected chi connectivity index (χ0v) is 18.1. The third-order valence-corrected chi connectivity index (χ3v) is 21.0. The Morgan fingerprint density at radius 3 is 1.71 bits per heavy atom. The van der Waals surface area contributed by atoms with E-state index < -0.39 is 18.4 Å². The molecule has 21 heavy (non-hydrogen) atoms. The Morgan fingerprint density at radius 1 is 0.857 bits per heavy atom. The Morgan fingerprint density at radius 2 is 1.33 bits per heavy atom. The average Bonchev–Trinajstić information content (AvgIpc) is 2.47. The van der Waals surface area contributed by atoms with Gasteiger partial charge in [0.25, 0.3) is 0 Å². The zero-order valence-electron chi connectivity index (χ0n) is 13.7. The van der Waals surface area contributed by atoms with Crippen LogP contribution in [0.5, 0.6) is 0 Å². The molecule has 0 amide bonds. The van der Waals surface area contributed by atoms with Gasteiger partial charge in [-0.2, -0.15) is 0 Å². The summed E-state index contributed by atoms with van der Waals surface area (Å²) in [5, 5.41) is 1.21. The maximum atomic E-state index is 6.51. The molecule has 1 nitrogen and oxygen atoms in total. The van der Waals surface area contributed by atoms with Crippen LogP contribution in [0.4, 0.5) is 0 Å². The second kappa shape index (κ2) is 10.3. The van der Waals surface area contributed by atoms with E-state index in [1.165, 1.54) is 55.4 Å². The van der Waals surface area contributed by atoms with E-state index in [9.17, 15) is 0 Å². The zero-order chi connectivity index (χ0) is 15.7. The van der Waals surface area contributed by atoms with Crippen LogP contribution < -0.4 is 3.58 Å². The van der Waals surface area contributed by atoms with Gasteiger partial charge in [-0.05, 0) is 0 Å². The van der Waals surface area contributed by atoms with Gasteiger partial charge in [0.2, 0.25) is 0 Å². The number of nitrogens with zero attached hydrogens (tertiary/aromatic N) is 1. The van der Waals surface area contributed by atoms with Crippen molar-refractivity contribution >= 4 is 45.2 Å². The summed E-state index contributed by atoms with van der Waals surface area (Å²) in [5.41, 5.74) is 0. The quantitative estimate of drug-likeness (QED) is 0.303. The normalized spacial score (nSPS) is 11.9. The van der Waals surface area contributed by atoms with Gasteiger partial charge in [0.05, 0.1) is 0 Å². The second-order valence-electron chi connectivity index (χ2n) is 6.06. The van der Waals surface area contributed by atoms with Crippen LogP contribution in [0.2, 0.25) is 23.6 Å². The molecule has 0 fully saturated rings. The minimum absolute atomic E-state index is 0.519. The van der Waals surface area contributed by atoms with Gasteiger partial charge in [0.15, 0.2) is 0 Å². The molecule has 1 heterocycles. The summed E-state index contributed by atoms with van der Waals surface area (Å²) in [6.07, 6.45) is 7.83. The van der Waals surface area contributed by atoms with Gasteiger partial charge in [-0.3, -0.25) is 0 Å². The van der Waals surface area contributed by atoms with Gasteiger partial charge in [-0.15, -0.1) is 0 Å². The SMILES string of the molecule is CCC[CH2][Sn]([CH2]CCC)([CH2]CCC)[c]1ccc(Cl)nc1Cl. The summed E-state index contributed by atoms with van der Waals surface area (Å²) >= 11 is 10.1. The molecule has 0 unspecified atom stereocenters. The molecule has 0 N–H and O–H groups in total. The first kappa shape index (κ1) is 19.6. The molecular weight excluding hydrogens is 408 g/mol. The van der Waals surface area contributed by atoms with Crippen LogP contribution in [0, 0.1) is 0 Å². The Hall–Kier alpha value is 0.529. The first-order valence-electron chi connectivity index (χ1n) is 8.42. The van der Waals surface area contributed by atoms with Crippen LogP contribution in [0.15, 0.2) is 12.1 Å². The van der Waals surface area contributed by atoms with Gasteiger partial charge in [-0.1, -0.05) is 0 Å². The Kier molecular flexibility index (Phi) is 9.63. The monoisotopic (exact) mass is 437 g/mol. The van der Waals surface area contributed by atoms with Gasteiger partial charge in [0.1, 0.15) is 0 Å². The van der Waals surface area contributed by atoms with Gasteiger partial charge in [0, 0.05) is 0 Å². The van der Waals surface area contributed by atoms with Crippen molar-refractivity contribution in [2.75, 3.05) is 0 Å². The predicted molar refractivity (Wildman–Crippen MR) is 98.8 cm³/mol. The molecule has 1 aromatic rings. The molecule has 0 aliphatic carbocycles. The van der Waals surface area contributed by atoms with Gasteiger partial charge >= 0.3 is 145 Å². The van der Waals surface area contributed by atoms with Crippen LogP contribution in [0.3, 0.4) is 0 Å². The van der Waals surface area contributed by atoms with E-state index in [1.807, 2.05) is 6.07 Å². The summed E-state index contributed by atoms with van der Waals surface area (Å²) in [5.74, 6) is 0. The van der Waals surface area contributed by atoms with Crippen molar-refractivity contribution in [2.45, 2.75) is 72.6 Å². The molecule has 0 saturated carbocycles. The van der Waals surface area contributed by atoms with Crippen LogP contribution >= 0.6 is 23.2 Å². The number of aromatic nitrogens is 1. The summed E-state index contributed by atoms with van der Waals surface area (Å²) in [6, 6.07) is 4.15. The number of halogens is 2. The van der Waals surface area contributed by atoms with Crippen LogP contribution in [-0.2, 0) is 0 Å². The molecule has 0 atom stereocenters. The van der Waals surface area contributed by atoms with Crippen molar-refractivity contribution in [1.29, 1.82) is 0 Å². The van der Waals surface area contributed by atoms with Crippen molar-refractivity contribution in [1.82, 2.24) is 4.98 Å². The van der Waals surface area contributed by atoms with Crippen molar-refractivity contribution in [3.63, 3.8) is 0 Å². The van der Waals surface area contributed by atoms with E-state index in [0.717, 1.165) is 0 Å². The third kappa shape index (κ3) is 5.91. The fourth-order valence-corrected chi connectivity index (χ4v) is 20.7. The van der Waals surface area contributed by atoms with E-state index >= 15 is 0 Å². The van der Waals surface area contributed by atoms with E-state index in [-0.39, 0.29) is 0 Å². The van der Waals surface area contributed by atoms with E-state index in [4.69, 9.17) is 23.2 Å². The molecule has 1 rings (SSSR count). The first-order valence-corrected chi connectivity index (χ1v) is 16.7. The Labute approximate surface area is 144 Å². The average molecular weight is 437 g/mol. The molecule has 0 radical (unpaired) electrons. The Bertz CT molecular complexity index is 401. The number of pyridine rings is 1. The van der Waals surface area contributed by atoms with E-state index in [2.05, 4.69) is 31.8 Å². The molecule has 0 saturated heterocycles. The van der Waals surface area contributed by atoms with E-state index in [0.29, 0.717) is 10.3 Å². The molecule has 4 heteroatoms. The Balaban J connectivity index is 3.15. The maximum absolute atomic E-state index is 6.51. The molecule has 0 spiro atoms. The van der Waals surface area contributed by atoms with E-state index in [1.54, 1.807) is 0 Å². The first-order chi connectivity index (χ1) is 10.1. The molecule has 0 aliphatic rings. The fourth-order valence-electron chi connectivity index (χ4n) is 3.13. The van der Waals surface area contributed by atoms with Crippen LogP contribution in [0.1, 0.15) is 59.3 Å². The van der Waals surface area contributed by atoms with Crippen LogP contribution in [-0.4, -0.2) is 23.4 Å². The summed E-state index contributed by atoms with van der Waals surface area (Å²) < 4.78 is 5.65. The molecule has 0 bridgehead atoms. The van der Waals surface area contributed by atoms with Crippen molar-refractivity contribution in [3.05, 3.63) is 22.4 Å². The molecule has 0 aliphatic heterocycles.